The monoisotopic (exact) mass is 208 g/mol. The highest BCUT2D eigenvalue weighted by Crippen LogP contribution is 2.00. The molecule has 1 aliphatic rings. The molecule has 0 fully saturated rings. The predicted octanol–water partition coefficient (Wildman–Crippen LogP) is 0.552. The molecule has 0 amide bonds. The van der Waals surface area contributed by atoms with Gasteiger partial charge >= 0.3 is 0 Å². The molecule has 6 nitrogen and oxygen atoms in total. The van der Waals surface area contributed by atoms with Gasteiger partial charge in [-0.05, 0) is 6.92 Å². The van der Waals surface area contributed by atoms with Crippen molar-refractivity contribution >= 4 is 12.2 Å². The van der Waals surface area contributed by atoms with Crippen LogP contribution in [0.25, 0.3) is 0 Å². The Bertz CT molecular complexity index is 356. The molecule has 1 aliphatic heterocycles. The van der Waals surface area contributed by atoms with Crippen molar-refractivity contribution in [3.63, 3.8) is 0 Å². The summed E-state index contributed by atoms with van der Waals surface area (Å²) in [5.74, 6) is 1.57. The van der Waals surface area contributed by atoms with Crippen LogP contribution in [-0.2, 0) is 7.05 Å². The lowest BCUT2D eigenvalue weighted by molar-refractivity contribution is 0.858. The second kappa shape index (κ2) is 5.14. The van der Waals surface area contributed by atoms with Gasteiger partial charge in [-0.2, -0.15) is 10.2 Å². The van der Waals surface area contributed by atoms with Crippen LogP contribution >= 0.6 is 0 Å². The van der Waals surface area contributed by atoms with E-state index in [1.165, 1.54) is 6.34 Å². The molecule has 0 bridgehead atoms. The van der Waals surface area contributed by atoms with Gasteiger partial charge in [0.1, 0.15) is 17.9 Å². The highest BCUT2D eigenvalue weighted by Gasteiger charge is 2.09. The van der Waals surface area contributed by atoms with Crippen molar-refractivity contribution in [1.29, 1.82) is 0 Å². The number of amidine groups is 1. The van der Waals surface area contributed by atoms with Crippen molar-refractivity contribution in [2.75, 3.05) is 0 Å². The number of hydrogen-bond acceptors (Lipinski definition) is 5. The molecule has 0 aliphatic carbocycles. The number of aromatic nitrogens is 2. The number of rotatable bonds is 1. The second-order valence-corrected chi connectivity index (χ2v) is 2.74. The van der Waals surface area contributed by atoms with Gasteiger partial charge in [0, 0.05) is 13.2 Å². The van der Waals surface area contributed by atoms with E-state index in [0.29, 0.717) is 5.84 Å². The van der Waals surface area contributed by atoms with E-state index in [1.54, 1.807) is 0 Å². The standard InChI is InChI=1S/C7H10N6.C2H6/c1-5-10-6(3-13(5)2)7-11-8-4-9-12-7;1-2/h3-4H,1-2H3,(H,8,9)(H,11,12);1-2H3. The van der Waals surface area contributed by atoms with Crippen molar-refractivity contribution < 1.29 is 0 Å². The zero-order chi connectivity index (χ0) is 11.3. The van der Waals surface area contributed by atoms with Crippen molar-refractivity contribution in [2.24, 2.45) is 17.3 Å². The number of nitrogens with one attached hydrogen (secondary N) is 2. The van der Waals surface area contributed by atoms with Gasteiger partial charge in [0.2, 0.25) is 0 Å². The van der Waals surface area contributed by atoms with Gasteiger partial charge in [-0.1, -0.05) is 13.8 Å². The largest absolute Gasteiger partial charge is 0.337 e. The molecule has 0 unspecified atom stereocenters. The number of nitrogens with zero attached hydrogens (tertiary/aromatic N) is 4. The molecule has 1 aromatic rings. The maximum atomic E-state index is 4.29. The first-order valence-electron chi connectivity index (χ1n) is 4.88. The van der Waals surface area contributed by atoms with E-state index in [1.807, 2.05) is 38.6 Å². The third kappa shape index (κ3) is 2.55. The van der Waals surface area contributed by atoms with Crippen LogP contribution in [-0.4, -0.2) is 21.7 Å². The highest BCUT2D eigenvalue weighted by atomic mass is 15.5. The summed E-state index contributed by atoms with van der Waals surface area (Å²) in [5.41, 5.74) is 6.19. The molecule has 0 saturated carbocycles. The van der Waals surface area contributed by atoms with E-state index in [0.717, 1.165) is 11.5 Å². The summed E-state index contributed by atoms with van der Waals surface area (Å²) in [7, 11) is 1.94. The zero-order valence-corrected chi connectivity index (χ0v) is 9.44. The molecule has 2 heterocycles. The highest BCUT2D eigenvalue weighted by molar-refractivity contribution is 5.98. The van der Waals surface area contributed by atoms with Crippen molar-refractivity contribution in [3.8, 4) is 0 Å². The van der Waals surface area contributed by atoms with Crippen LogP contribution in [0.3, 0.4) is 0 Å². The molecule has 2 N–H and O–H groups in total. The summed E-state index contributed by atoms with van der Waals surface area (Å²) in [6.07, 6.45) is 3.36. The zero-order valence-electron chi connectivity index (χ0n) is 9.44. The lowest BCUT2D eigenvalue weighted by atomic mass is 10.4. The maximum absolute atomic E-state index is 4.29. The van der Waals surface area contributed by atoms with Gasteiger partial charge < -0.3 is 4.57 Å². The number of hydrogen-bond donors (Lipinski definition) is 2. The third-order valence-corrected chi connectivity index (χ3v) is 1.82. The van der Waals surface area contributed by atoms with Crippen LogP contribution in [0.1, 0.15) is 25.4 Å². The van der Waals surface area contributed by atoms with Gasteiger partial charge in [-0.15, -0.1) is 0 Å². The smallest absolute Gasteiger partial charge is 0.194 e. The SMILES string of the molecule is CC.Cc1nc(C2=NNC=NN2)cn1C. The minimum Gasteiger partial charge on any atom is -0.337 e. The summed E-state index contributed by atoms with van der Waals surface area (Å²) in [6, 6.07) is 0. The minimum atomic E-state index is 0.631. The number of imidazole rings is 1. The van der Waals surface area contributed by atoms with Gasteiger partial charge in [-0.3, -0.25) is 10.9 Å². The van der Waals surface area contributed by atoms with Crippen LogP contribution in [0.15, 0.2) is 16.4 Å². The van der Waals surface area contributed by atoms with Gasteiger partial charge in [0.25, 0.3) is 0 Å². The Morgan fingerprint density at radius 1 is 1.33 bits per heavy atom. The molecule has 82 valence electrons. The Balaban J connectivity index is 0.000000531. The van der Waals surface area contributed by atoms with Gasteiger partial charge in [0.15, 0.2) is 5.84 Å². The summed E-state index contributed by atoms with van der Waals surface area (Å²) in [6.45, 7) is 5.93. The fourth-order valence-electron chi connectivity index (χ4n) is 1.03. The van der Waals surface area contributed by atoms with E-state index in [4.69, 9.17) is 0 Å². The fourth-order valence-corrected chi connectivity index (χ4v) is 1.03. The van der Waals surface area contributed by atoms with Crippen LogP contribution in [0, 0.1) is 6.92 Å². The van der Waals surface area contributed by atoms with Crippen molar-refractivity contribution in [2.45, 2.75) is 20.8 Å². The molecule has 0 aromatic carbocycles. The fraction of sp³-hybridized carbons (Fsp3) is 0.444. The average molecular weight is 208 g/mol. The quantitative estimate of drug-likeness (QED) is 0.708. The Hall–Kier alpha value is -1.85. The van der Waals surface area contributed by atoms with E-state index in [-0.39, 0.29) is 0 Å². The van der Waals surface area contributed by atoms with Crippen LogP contribution in [0.4, 0.5) is 0 Å². The molecule has 15 heavy (non-hydrogen) atoms. The average Bonchev–Trinajstić information content (AvgIpc) is 2.63. The molecular formula is C9H16N6. The normalized spacial score (nSPS) is 13.2. The van der Waals surface area contributed by atoms with Gasteiger partial charge in [-0.25, -0.2) is 4.98 Å². The van der Waals surface area contributed by atoms with E-state index in [2.05, 4.69) is 26.0 Å². The topological polar surface area (TPSA) is 66.6 Å². The molecule has 6 heteroatoms. The molecule has 2 rings (SSSR count). The van der Waals surface area contributed by atoms with Crippen LogP contribution < -0.4 is 10.9 Å². The Labute approximate surface area is 89.1 Å². The summed E-state index contributed by atoms with van der Waals surface area (Å²) in [4.78, 5) is 4.29. The molecule has 0 saturated heterocycles. The van der Waals surface area contributed by atoms with E-state index in [9.17, 15) is 0 Å². The summed E-state index contributed by atoms with van der Waals surface area (Å²) < 4.78 is 1.93. The van der Waals surface area contributed by atoms with Gasteiger partial charge in [0.05, 0.1) is 0 Å². The van der Waals surface area contributed by atoms with Crippen molar-refractivity contribution in [1.82, 2.24) is 20.4 Å². The molecule has 0 radical (unpaired) electrons. The first-order chi connectivity index (χ1) is 7.27. The Morgan fingerprint density at radius 2 is 2.07 bits per heavy atom. The lowest BCUT2D eigenvalue weighted by Gasteiger charge is -2.05. The van der Waals surface area contributed by atoms with Crippen molar-refractivity contribution in [3.05, 3.63) is 17.7 Å². The first kappa shape index (κ1) is 11.2. The molecular weight excluding hydrogens is 192 g/mol. The summed E-state index contributed by atoms with van der Waals surface area (Å²) in [5, 5.41) is 7.79. The predicted molar refractivity (Wildman–Crippen MR) is 60.6 cm³/mol. The second-order valence-electron chi connectivity index (χ2n) is 2.74. The minimum absolute atomic E-state index is 0.631. The van der Waals surface area contributed by atoms with Crippen LogP contribution in [0.5, 0.6) is 0 Å². The Morgan fingerprint density at radius 3 is 2.53 bits per heavy atom. The lowest BCUT2D eigenvalue weighted by Crippen LogP contribution is -2.28. The summed E-state index contributed by atoms with van der Waals surface area (Å²) >= 11 is 0. The molecule has 0 spiro atoms. The van der Waals surface area contributed by atoms with Crippen LogP contribution in [0.2, 0.25) is 0 Å². The van der Waals surface area contributed by atoms with E-state index < -0.39 is 0 Å². The number of aryl methyl sites for hydroxylation is 2. The van der Waals surface area contributed by atoms with E-state index >= 15 is 0 Å². The first-order valence-corrected chi connectivity index (χ1v) is 4.88. The molecule has 0 atom stereocenters. The Kier molecular flexibility index (Phi) is 3.84. The third-order valence-electron chi connectivity index (χ3n) is 1.82. The molecule has 1 aromatic heterocycles. The maximum Gasteiger partial charge on any atom is 0.194 e. The number of hydrazone groups is 2.